The van der Waals surface area contributed by atoms with Crippen molar-refractivity contribution in [1.29, 1.82) is 0 Å². The van der Waals surface area contributed by atoms with Crippen LogP contribution in [0, 0.1) is 0 Å². The van der Waals surface area contributed by atoms with Gasteiger partial charge in [-0.3, -0.25) is 4.57 Å². The van der Waals surface area contributed by atoms with E-state index in [0.29, 0.717) is 0 Å². The molecule has 15 heteroatoms. The molecule has 2 aromatic heterocycles. The van der Waals surface area contributed by atoms with Crippen molar-refractivity contribution in [3.05, 3.63) is 12.7 Å². The van der Waals surface area contributed by atoms with E-state index in [-0.39, 0.29) is 17.0 Å². The standard InChI is InChI=1S/C16H23N5O10/c22-1-5-9(25)11(27)15(29-5)21-4-19-7-13(17-3-18-14(7)21)20-31-16-12(28)10(26)8(24)6(2-23)30-16/h3-6,8-12,15-16,22-28H,1-2H2,(H,17,18,20)/t5-,6-,8-,9-,10+,11-,12-,15-,16+/m1/s1. The van der Waals surface area contributed by atoms with Gasteiger partial charge in [-0.1, -0.05) is 0 Å². The Balaban J connectivity index is 1.52. The zero-order valence-electron chi connectivity index (χ0n) is 15.9. The van der Waals surface area contributed by atoms with Crippen LogP contribution < -0.4 is 5.48 Å². The van der Waals surface area contributed by atoms with E-state index >= 15 is 0 Å². The maximum Gasteiger partial charge on any atom is 0.212 e. The number of aliphatic hydroxyl groups excluding tert-OH is 7. The quantitative estimate of drug-likeness (QED) is 0.196. The molecule has 2 saturated heterocycles. The number of imidazole rings is 1. The lowest BCUT2D eigenvalue weighted by molar-refractivity contribution is -0.294. The molecular formula is C16H23N5O10. The van der Waals surface area contributed by atoms with Crippen molar-refractivity contribution in [3.8, 4) is 0 Å². The maximum absolute atomic E-state index is 10.2. The van der Waals surface area contributed by atoms with Crippen LogP contribution in [-0.2, 0) is 14.3 Å². The Morgan fingerprint density at radius 2 is 1.55 bits per heavy atom. The summed E-state index contributed by atoms with van der Waals surface area (Å²) in [6.45, 7) is -1.10. The topological polar surface area (TPSA) is 225 Å². The molecule has 31 heavy (non-hydrogen) atoms. The molecule has 2 aliphatic rings. The van der Waals surface area contributed by atoms with Crippen LogP contribution in [0.1, 0.15) is 6.23 Å². The molecule has 0 radical (unpaired) electrons. The molecule has 0 spiro atoms. The van der Waals surface area contributed by atoms with E-state index < -0.39 is 68.5 Å². The van der Waals surface area contributed by atoms with Gasteiger partial charge < -0.3 is 45.2 Å². The van der Waals surface area contributed by atoms with Gasteiger partial charge in [-0.15, -0.1) is 0 Å². The normalized spacial score (nSPS) is 38.6. The van der Waals surface area contributed by atoms with E-state index in [9.17, 15) is 35.7 Å². The summed E-state index contributed by atoms with van der Waals surface area (Å²) in [5, 5.41) is 68.4. The first-order valence-electron chi connectivity index (χ1n) is 9.39. The zero-order chi connectivity index (χ0) is 22.3. The van der Waals surface area contributed by atoms with Crippen LogP contribution in [0.4, 0.5) is 5.82 Å². The molecule has 9 atom stereocenters. The number of ether oxygens (including phenoxy) is 2. The number of nitrogens with zero attached hydrogens (tertiary/aromatic N) is 4. The Labute approximate surface area is 174 Å². The van der Waals surface area contributed by atoms with E-state index in [1.165, 1.54) is 10.9 Å². The summed E-state index contributed by atoms with van der Waals surface area (Å²) >= 11 is 0. The third-order valence-corrected chi connectivity index (χ3v) is 5.27. The lowest BCUT2D eigenvalue weighted by Crippen LogP contribution is -2.59. The number of anilines is 1. The fourth-order valence-corrected chi connectivity index (χ4v) is 3.50. The summed E-state index contributed by atoms with van der Waals surface area (Å²) in [5.41, 5.74) is 2.80. The van der Waals surface area contributed by atoms with Gasteiger partial charge >= 0.3 is 0 Å². The Morgan fingerprint density at radius 3 is 2.23 bits per heavy atom. The fourth-order valence-electron chi connectivity index (χ4n) is 3.50. The van der Waals surface area contributed by atoms with E-state index in [4.69, 9.17) is 14.3 Å². The Hall–Kier alpha value is -2.05. The van der Waals surface area contributed by atoms with Crippen LogP contribution in [0.3, 0.4) is 0 Å². The highest BCUT2D eigenvalue weighted by molar-refractivity contribution is 5.82. The molecule has 0 bridgehead atoms. The van der Waals surface area contributed by atoms with Crippen LogP contribution in [-0.4, -0.2) is 117 Å². The summed E-state index contributed by atoms with van der Waals surface area (Å²) in [6, 6.07) is 0. The van der Waals surface area contributed by atoms with Gasteiger partial charge in [0.1, 0.15) is 49.1 Å². The summed E-state index contributed by atoms with van der Waals surface area (Å²) < 4.78 is 12.1. The molecule has 0 amide bonds. The van der Waals surface area contributed by atoms with Crippen molar-refractivity contribution in [2.24, 2.45) is 0 Å². The number of aromatic nitrogens is 4. The highest BCUT2D eigenvalue weighted by atomic mass is 16.8. The number of rotatable bonds is 6. The third-order valence-electron chi connectivity index (χ3n) is 5.27. The van der Waals surface area contributed by atoms with Crippen molar-refractivity contribution < 1.29 is 50.1 Å². The first-order chi connectivity index (χ1) is 14.9. The molecule has 15 nitrogen and oxygen atoms in total. The number of aliphatic hydroxyl groups is 7. The van der Waals surface area contributed by atoms with Gasteiger partial charge in [0.25, 0.3) is 0 Å². The van der Waals surface area contributed by atoms with E-state index in [0.717, 1.165) is 6.33 Å². The number of hydrogen-bond donors (Lipinski definition) is 8. The first kappa shape index (κ1) is 22.2. The predicted molar refractivity (Wildman–Crippen MR) is 96.8 cm³/mol. The van der Waals surface area contributed by atoms with Gasteiger partial charge in [0.2, 0.25) is 6.29 Å². The number of fused-ring (bicyclic) bond motifs is 1. The van der Waals surface area contributed by atoms with Crippen molar-refractivity contribution in [3.63, 3.8) is 0 Å². The SMILES string of the molecule is OC[C@H]1O[C@@H](ONc2ncnc3c2ncn3[C@@H]2O[C@H](CO)[C@@H](O)[C@H]2O)[C@H](O)[C@@H](O)[C@@H]1O. The van der Waals surface area contributed by atoms with E-state index in [1.54, 1.807) is 0 Å². The Kier molecular flexibility index (Phi) is 6.31. The molecule has 0 aromatic carbocycles. The smallest absolute Gasteiger partial charge is 0.212 e. The Bertz CT molecular complexity index is 899. The third kappa shape index (κ3) is 3.85. The molecule has 8 N–H and O–H groups in total. The summed E-state index contributed by atoms with van der Waals surface area (Å²) in [4.78, 5) is 17.5. The number of nitrogens with one attached hydrogen (secondary N) is 1. The molecule has 4 rings (SSSR count). The average molecular weight is 445 g/mol. The first-order valence-corrected chi connectivity index (χ1v) is 9.39. The summed E-state index contributed by atoms with van der Waals surface area (Å²) in [6.07, 6.45) is -9.62. The Morgan fingerprint density at radius 1 is 0.871 bits per heavy atom. The minimum Gasteiger partial charge on any atom is -0.394 e. The molecule has 2 aromatic rings. The lowest BCUT2D eigenvalue weighted by atomic mass is 9.99. The van der Waals surface area contributed by atoms with E-state index in [1.807, 2.05) is 0 Å². The molecule has 0 unspecified atom stereocenters. The summed E-state index contributed by atoms with van der Waals surface area (Å²) in [7, 11) is 0. The molecule has 2 fully saturated rings. The summed E-state index contributed by atoms with van der Waals surface area (Å²) in [5.74, 6) is 0.0347. The van der Waals surface area contributed by atoms with Crippen LogP contribution in [0.5, 0.6) is 0 Å². The van der Waals surface area contributed by atoms with E-state index in [2.05, 4.69) is 20.4 Å². The van der Waals surface area contributed by atoms with Gasteiger partial charge in [-0.05, 0) is 0 Å². The minimum absolute atomic E-state index is 0.0347. The van der Waals surface area contributed by atoms with Gasteiger partial charge in [0, 0.05) is 0 Å². The molecule has 2 aliphatic heterocycles. The van der Waals surface area contributed by atoms with Crippen LogP contribution in [0.25, 0.3) is 11.2 Å². The van der Waals surface area contributed by atoms with Gasteiger partial charge in [-0.25, -0.2) is 25.3 Å². The minimum atomic E-state index is -1.63. The molecule has 0 saturated carbocycles. The lowest BCUT2D eigenvalue weighted by Gasteiger charge is -2.39. The van der Waals surface area contributed by atoms with Gasteiger partial charge in [-0.2, -0.15) is 0 Å². The van der Waals surface area contributed by atoms with Crippen LogP contribution >= 0.6 is 0 Å². The second kappa shape index (κ2) is 8.83. The largest absolute Gasteiger partial charge is 0.394 e. The van der Waals surface area contributed by atoms with Crippen molar-refractivity contribution >= 4 is 17.0 Å². The van der Waals surface area contributed by atoms with Gasteiger partial charge in [0.05, 0.1) is 19.5 Å². The molecule has 0 aliphatic carbocycles. The second-order valence-electron chi connectivity index (χ2n) is 7.19. The van der Waals surface area contributed by atoms with Crippen LogP contribution in [0.15, 0.2) is 12.7 Å². The fraction of sp³-hybridized carbons (Fsp3) is 0.688. The number of hydrogen-bond acceptors (Lipinski definition) is 14. The second-order valence-corrected chi connectivity index (χ2v) is 7.19. The molecule has 4 heterocycles. The van der Waals surface area contributed by atoms with Crippen molar-refractivity contribution in [2.45, 2.75) is 55.2 Å². The highest BCUT2D eigenvalue weighted by Crippen LogP contribution is 2.32. The monoisotopic (exact) mass is 445 g/mol. The maximum atomic E-state index is 10.2. The highest BCUT2D eigenvalue weighted by Gasteiger charge is 2.45. The molecule has 172 valence electrons. The van der Waals surface area contributed by atoms with Crippen molar-refractivity contribution in [2.75, 3.05) is 18.7 Å². The average Bonchev–Trinajstić information content (AvgIpc) is 3.33. The predicted octanol–water partition coefficient (Wildman–Crippen LogP) is -4.42. The van der Waals surface area contributed by atoms with Crippen LogP contribution in [0.2, 0.25) is 0 Å². The zero-order valence-corrected chi connectivity index (χ0v) is 15.9. The molecular weight excluding hydrogens is 422 g/mol. The van der Waals surface area contributed by atoms with Crippen molar-refractivity contribution in [1.82, 2.24) is 19.5 Å². The van der Waals surface area contributed by atoms with Gasteiger partial charge in [0.15, 0.2) is 23.2 Å².